The van der Waals surface area contributed by atoms with Crippen LogP contribution in [0.2, 0.25) is 0 Å². The summed E-state index contributed by atoms with van der Waals surface area (Å²) < 4.78 is 30.3. The van der Waals surface area contributed by atoms with Crippen molar-refractivity contribution in [1.82, 2.24) is 5.32 Å². The van der Waals surface area contributed by atoms with Crippen molar-refractivity contribution < 1.29 is 17.9 Å². The van der Waals surface area contributed by atoms with Gasteiger partial charge in [-0.15, -0.1) is 0 Å². The molecule has 4 unspecified atom stereocenters. The van der Waals surface area contributed by atoms with Crippen LogP contribution in [0.25, 0.3) is 0 Å². The fraction of sp³-hybridized carbons (Fsp3) is 0.632. The van der Waals surface area contributed by atoms with Gasteiger partial charge in [0, 0.05) is 31.4 Å². The van der Waals surface area contributed by atoms with Gasteiger partial charge in [0.15, 0.2) is 9.84 Å². The average Bonchev–Trinajstić information content (AvgIpc) is 3.12. The summed E-state index contributed by atoms with van der Waals surface area (Å²) in [6.07, 6.45) is 1.77. The topological polar surface area (TPSA) is 75.7 Å². The highest BCUT2D eigenvalue weighted by atomic mass is 35.6. The van der Waals surface area contributed by atoms with Gasteiger partial charge in [-0.1, -0.05) is 34.8 Å². The molecule has 0 radical (unpaired) electrons. The van der Waals surface area contributed by atoms with Gasteiger partial charge < -0.3 is 15.0 Å². The number of hydrogen-bond acceptors (Lipinski definition) is 6. The summed E-state index contributed by atoms with van der Waals surface area (Å²) in [5.74, 6) is -0.926. The Morgan fingerprint density at radius 3 is 2.52 bits per heavy atom. The third kappa shape index (κ3) is 4.49. The molecule has 2 aliphatic rings. The second kappa shape index (κ2) is 8.42. The Kier molecular flexibility index (Phi) is 6.66. The van der Waals surface area contributed by atoms with Crippen molar-refractivity contribution in [1.29, 1.82) is 0 Å². The number of ether oxygens (including phenoxy) is 1. The summed E-state index contributed by atoms with van der Waals surface area (Å²) in [5, 5.41) is 2.47. The fourth-order valence-electron chi connectivity index (χ4n) is 4.50. The van der Waals surface area contributed by atoms with Gasteiger partial charge in [0.25, 0.3) is 0 Å². The second-order valence-corrected chi connectivity index (χ2v) is 12.3. The highest BCUT2D eigenvalue weighted by Gasteiger charge is 2.48. The molecule has 1 saturated carbocycles. The van der Waals surface area contributed by atoms with E-state index in [1.54, 1.807) is 25.1 Å². The molecule has 0 aromatic heterocycles. The van der Waals surface area contributed by atoms with Gasteiger partial charge in [0.05, 0.1) is 23.2 Å². The number of alkyl halides is 3. The van der Waals surface area contributed by atoms with Crippen molar-refractivity contribution in [3.8, 4) is 0 Å². The van der Waals surface area contributed by atoms with Gasteiger partial charge in [-0.3, -0.25) is 4.79 Å². The Bertz CT molecular complexity index is 886. The monoisotopic (exact) mass is 482 g/mol. The van der Waals surface area contributed by atoms with Crippen LogP contribution < -0.4 is 10.2 Å². The number of anilines is 1. The Hall–Kier alpha value is -0.730. The Labute approximate surface area is 186 Å². The molecule has 0 bridgehead atoms. The Morgan fingerprint density at radius 2 is 1.93 bits per heavy atom. The zero-order chi connectivity index (χ0) is 21.6. The molecular weight excluding hydrogens is 459 g/mol. The standard InChI is InChI=1S/C19H25Cl3N2O4S/c1-24(2)16-5-4-12(9-14(16)19(20,21)22)29(26,27)17-10-15-11(6-7-23-15)8-13(17)18(25)28-3/h4-5,9,11,13,15,17,23H,6-8,10H2,1-3H3. The van der Waals surface area contributed by atoms with Crippen LogP contribution in [0.1, 0.15) is 24.8 Å². The van der Waals surface area contributed by atoms with E-state index in [9.17, 15) is 13.2 Å². The van der Waals surface area contributed by atoms with E-state index >= 15 is 0 Å². The molecule has 1 saturated heterocycles. The van der Waals surface area contributed by atoms with Crippen LogP contribution in [-0.4, -0.2) is 53.4 Å². The van der Waals surface area contributed by atoms with Crippen LogP contribution >= 0.6 is 34.8 Å². The van der Waals surface area contributed by atoms with Gasteiger partial charge in [0.1, 0.15) is 0 Å². The van der Waals surface area contributed by atoms with Gasteiger partial charge in [0.2, 0.25) is 3.79 Å². The molecule has 1 aromatic rings. The zero-order valence-corrected chi connectivity index (χ0v) is 19.6. The number of esters is 1. The number of sulfone groups is 1. The van der Waals surface area contributed by atoms with Crippen molar-refractivity contribution in [2.24, 2.45) is 11.8 Å². The predicted molar refractivity (Wildman–Crippen MR) is 116 cm³/mol. The predicted octanol–water partition coefficient (Wildman–Crippen LogP) is 3.28. The number of carbonyl (C=O) groups excluding carboxylic acids is 1. The van der Waals surface area contributed by atoms with Crippen molar-refractivity contribution in [3.05, 3.63) is 23.8 Å². The molecular formula is C19H25Cl3N2O4S. The molecule has 1 heterocycles. The van der Waals surface area contributed by atoms with E-state index in [0.29, 0.717) is 18.5 Å². The Balaban J connectivity index is 2.05. The minimum Gasteiger partial charge on any atom is -0.469 e. The molecule has 4 atom stereocenters. The van der Waals surface area contributed by atoms with E-state index in [-0.39, 0.29) is 22.4 Å². The summed E-state index contributed by atoms with van der Waals surface area (Å²) in [5.41, 5.74) is 0.880. The molecule has 0 spiro atoms. The van der Waals surface area contributed by atoms with E-state index in [4.69, 9.17) is 39.5 Å². The average molecular weight is 484 g/mol. The van der Waals surface area contributed by atoms with Gasteiger partial charge >= 0.3 is 5.97 Å². The number of nitrogens with one attached hydrogen (secondary N) is 1. The number of hydrogen-bond donors (Lipinski definition) is 1. The highest BCUT2D eigenvalue weighted by Crippen LogP contribution is 2.45. The Morgan fingerprint density at radius 1 is 1.24 bits per heavy atom. The summed E-state index contributed by atoms with van der Waals surface area (Å²) in [4.78, 5) is 14.2. The summed E-state index contributed by atoms with van der Waals surface area (Å²) >= 11 is 18.3. The quantitative estimate of drug-likeness (QED) is 0.523. The van der Waals surface area contributed by atoms with Crippen molar-refractivity contribution in [2.75, 3.05) is 32.6 Å². The lowest BCUT2D eigenvalue weighted by molar-refractivity contribution is -0.147. The molecule has 3 rings (SSSR count). The maximum absolute atomic E-state index is 13.6. The third-order valence-corrected chi connectivity index (χ3v) is 8.81. The minimum absolute atomic E-state index is 0.0415. The lowest BCUT2D eigenvalue weighted by Crippen LogP contribution is -2.47. The number of carbonyl (C=O) groups is 1. The van der Waals surface area contributed by atoms with Crippen LogP contribution in [-0.2, 0) is 23.2 Å². The maximum Gasteiger partial charge on any atom is 0.310 e. The van der Waals surface area contributed by atoms with Crippen LogP contribution in [0.4, 0.5) is 5.69 Å². The van der Waals surface area contributed by atoms with Crippen molar-refractivity contribution in [3.63, 3.8) is 0 Å². The first kappa shape index (κ1) is 22.9. The first-order valence-electron chi connectivity index (χ1n) is 9.40. The lowest BCUT2D eigenvalue weighted by atomic mass is 9.78. The smallest absolute Gasteiger partial charge is 0.310 e. The number of fused-ring (bicyclic) bond motifs is 1. The molecule has 1 aromatic carbocycles. The molecule has 1 N–H and O–H groups in total. The normalized spacial score (nSPS) is 27.4. The summed E-state index contributed by atoms with van der Waals surface area (Å²) in [7, 11) is 0.987. The molecule has 1 aliphatic carbocycles. The highest BCUT2D eigenvalue weighted by molar-refractivity contribution is 7.92. The first-order chi connectivity index (χ1) is 13.5. The lowest BCUT2D eigenvalue weighted by Gasteiger charge is -2.36. The molecule has 29 heavy (non-hydrogen) atoms. The molecule has 1 aliphatic heterocycles. The maximum atomic E-state index is 13.6. The fourth-order valence-corrected chi connectivity index (χ4v) is 6.96. The molecule has 162 valence electrons. The molecule has 6 nitrogen and oxygen atoms in total. The number of nitrogens with zero attached hydrogens (tertiary/aromatic N) is 1. The largest absolute Gasteiger partial charge is 0.469 e. The number of methoxy groups -OCH3 is 1. The number of benzene rings is 1. The molecule has 2 fully saturated rings. The zero-order valence-electron chi connectivity index (χ0n) is 16.5. The SMILES string of the molecule is COC(=O)C1CC2CCNC2CC1S(=O)(=O)c1ccc(N(C)C)c(C(Cl)(Cl)Cl)c1. The third-order valence-electron chi connectivity index (χ3n) is 5.97. The van der Waals surface area contributed by atoms with E-state index in [0.717, 1.165) is 13.0 Å². The van der Waals surface area contributed by atoms with Crippen molar-refractivity contribution in [2.45, 2.75) is 39.2 Å². The van der Waals surface area contributed by atoms with Crippen LogP contribution in [0, 0.1) is 11.8 Å². The van der Waals surface area contributed by atoms with Crippen LogP contribution in [0.3, 0.4) is 0 Å². The van der Waals surface area contributed by atoms with Gasteiger partial charge in [-0.05, 0) is 49.9 Å². The van der Waals surface area contributed by atoms with Crippen molar-refractivity contribution >= 4 is 56.3 Å². The summed E-state index contributed by atoms with van der Waals surface area (Å²) in [6, 6.07) is 4.61. The van der Waals surface area contributed by atoms with Gasteiger partial charge in [-0.2, -0.15) is 0 Å². The first-order valence-corrected chi connectivity index (χ1v) is 12.1. The molecule has 10 heteroatoms. The number of rotatable bonds is 4. The van der Waals surface area contributed by atoms with E-state index < -0.39 is 30.8 Å². The number of halogens is 3. The molecule has 0 amide bonds. The van der Waals surface area contributed by atoms with E-state index in [1.165, 1.54) is 19.2 Å². The van der Waals surface area contributed by atoms with Gasteiger partial charge in [-0.25, -0.2) is 8.42 Å². The van der Waals surface area contributed by atoms with Crippen LogP contribution in [0.15, 0.2) is 23.1 Å². The van der Waals surface area contributed by atoms with E-state index in [1.807, 2.05) is 0 Å². The van der Waals surface area contributed by atoms with E-state index in [2.05, 4.69) is 5.32 Å². The minimum atomic E-state index is -3.87. The second-order valence-electron chi connectivity index (χ2n) is 7.87. The summed E-state index contributed by atoms with van der Waals surface area (Å²) in [6.45, 7) is 0.824. The van der Waals surface area contributed by atoms with Crippen LogP contribution in [0.5, 0.6) is 0 Å².